The van der Waals surface area contributed by atoms with Crippen LogP contribution in [0.5, 0.6) is 0 Å². The van der Waals surface area contributed by atoms with Gasteiger partial charge < -0.3 is 10.6 Å². The van der Waals surface area contributed by atoms with Crippen molar-refractivity contribution < 1.29 is 0 Å². The maximum atomic E-state index is 5.28. The first kappa shape index (κ1) is 9.39. The molecule has 0 amide bonds. The lowest BCUT2D eigenvalue weighted by Crippen LogP contribution is -2.08. The fourth-order valence-electron chi connectivity index (χ4n) is 1.05. The predicted octanol–water partition coefficient (Wildman–Crippen LogP) is 2.02. The van der Waals surface area contributed by atoms with E-state index in [0.717, 1.165) is 11.3 Å². The Labute approximate surface area is 79.0 Å². The van der Waals surface area contributed by atoms with Gasteiger partial charge in [-0.1, -0.05) is 36.9 Å². The van der Waals surface area contributed by atoms with Crippen molar-refractivity contribution in [1.29, 1.82) is 0 Å². The molecule has 0 aromatic heterocycles. The van der Waals surface area contributed by atoms with Crippen LogP contribution in [-0.2, 0) is 0 Å². The molecular weight excluding hydrogens is 160 g/mol. The molecule has 0 heterocycles. The number of benzene rings is 1. The number of hydrogen-bond donors (Lipinski definition) is 1. The van der Waals surface area contributed by atoms with Crippen LogP contribution in [0.1, 0.15) is 5.56 Å². The molecule has 0 fully saturated rings. The first-order chi connectivity index (χ1) is 6.25. The largest absolute Gasteiger partial charge is 0.403 e. The lowest BCUT2D eigenvalue weighted by atomic mass is 10.2. The summed E-state index contributed by atoms with van der Waals surface area (Å²) in [5.74, 6) is 0. The van der Waals surface area contributed by atoms with Crippen LogP contribution < -0.4 is 5.73 Å². The third kappa shape index (κ3) is 2.37. The van der Waals surface area contributed by atoms with E-state index < -0.39 is 0 Å². The Balaban J connectivity index is 2.80. The molecule has 0 radical (unpaired) electrons. The maximum Gasteiger partial charge on any atom is 0.0404 e. The predicted molar refractivity (Wildman–Crippen MR) is 56.6 cm³/mol. The molecular formula is C11H14N2. The summed E-state index contributed by atoms with van der Waals surface area (Å²) in [4.78, 5) is 1.88. The van der Waals surface area contributed by atoms with Gasteiger partial charge in [-0.3, -0.25) is 0 Å². The van der Waals surface area contributed by atoms with Crippen molar-refractivity contribution in [3.8, 4) is 0 Å². The first-order valence-electron chi connectivity index (χ1n) is 4.11. The fraction of sp³-hybridized carbons (Fsp3) is 0.0909. The van der Waals surface area contributed by atoms with E-state index in [9.17, 15) is 0 Å². The molecule has 0 saturated heterocycles. The van der Waals surface area contributed by atoms with Gasteiger partial charge in [0.2, 0.25) is 0 Å². The van der Waals surface area contributed by atoms with Crippen molar-refractivity contribution in [3.05, 3.63) is 54.9 Å². The van der Waals surface area contributed by atoms with Crippen molar-refractivity contribution in [2.75, 3.05) is 7.05 Å². The van der Waals surface area contributed by atoms with Crippen molar-refractivity contribution in [2.45, 2.75) is 0 Å². The summed E-state index contributed by atoms with van der Waals surface area (Å²) in [5.41, 5.74) is 7.31. The number of nitrogens with two attached hydrogens (primary N) is 1. The monoisotopic (exact) mass is 174 g/mol. The minimum Gasteiger partial charge on any atom is -0.403 e. The molecule has 1 rings (SSSR count). The zero-order valence-electron chi connectivity index (χ0n) is 7.77. The SMILES string of the molecule is C=C(c1ccccc1)N(C)/C=C\N. The molecule has 0 spiro atoms. The molecule has 0 aliphatic rings. The minimum atomic E-state index is 0.933. The summed E-state index contributed by atoms with van der Waals surface area (Å²) in [6.07, 6.45) is 3.27. The first-order valence-corrected chi connectivity index (χ1v) is 4.11. The number of rotatable bonds is 3. The number of nitrogens with zero attached hydrogens (tertiary/aromatic N) is 1. The second-order valence-corrected chi connectivity index (χ2v) is 2.77. The topological polar surface area (TPSA) is 29.3 Å². The molecule has 1 aromatic carbocycles. The van der Waals surface area contributed by atoms with Crippen LogP contribution in [0.4, 0.5) is 0 Å². The van der Waals surface area contributed by atoms with E-state index in [1.807, 2.05) is 42.3 Å². The Bertz CT molecular complexity index is 301. The van der Waals surface area contributed by atoms with Gasteiger partial charge in [-0.25, -0.2) is 0 Å². The quantitative estimate of drug-likeness (QED) is 0.759. The van der Waals surface area contributed by atoms with E-state index in [2.05, 4.69) is 6.58 Å². The summed E-state index contributed by atoms with van der Waals surface area (Å²) < 4.78 is 0. The van der Waals surface area contributed by atoms with E-state index in [4.69, 9.17) is 5.73 Å². The average molecular weight is 174 g/mol. The Hall–Kier alpha value is -1.70. The van der Waals surface area contributed by atoms with Crippen LogP contribution in [0.2, 0.25) is 0 Å². The van der Waals surface area contributed by atoms with Crippen LogP contribution in [0.25, 0.3) is 5.70 Å². The minimum absolute atomic E-state index is 0.933. The van der Waals surface area contributed by atoms with Gasteiger partial charge in [-0.15, -0.1) is 0 Å². The van der Waals surface area contributed by atoms with Gasteiger partial charge in [0.25, 0.3) is 0 Å². The summed E-state index contributed by atoms with van der Waals surface area (Å²) >= 11 is 0. The van der Waals surface area contributed by atoms with E-state index in [-0.39, 0.29) is 0 Å². The molecule has 2 heteroatoms. The third-order valence-corrected chi connectivity index (χ3v) is 1.84. The van der Waals surface area contributed by atoms with Crippen LogP contribution in [0, 0.1) is 0 Å². The normalized spacial score (nSPS) is 10.2. The van der Waals surface area contributed by atoms with Crippen molar-refractivity contribution in [3.63, 3.8) is 0 Å². The van der Waals surface area contributed by atoms with Gasteiger partial charge >= 0.3 is 0 Å². The summed E-state index contributed by atoms with van der Waals surface area (Å²) in [5, 5.41) is 0. The lowest BCUT2D eigenvalue weighted by Gasteiger charge is -2.16. The third-order valence-electron chi connectivity index (χ3n) is 1.84. The van der Waals surface area contributed by atoms with Crippen LogP contribution in [0.15, 0.2) is 49.3 Å². The van der Waals surface area contributed by atoms with Crippen LogP contribution in [-0.4, -0.2) is 11.9 Å². The van der Waals surface area contributed by atoms with E-state index in [0.29, 0.717) is 0 Å². The summed E-state index contributed by atoms with van der Waals surface area (Å²) in [7, 11) is 1.92. The van der Waals surface area contributed by atoms with Crippen molar-refractivity contribution in [1.82, 2.24) is 4.90 Å². The molecule has 2 N–H and O–H groups in total. The highest BCUT2D eigenvalue weighted by molar-refractivity contribution is 5.62. The highest BCUT2D eigenvalue weighted by Gasteiger charge is 1.99. The van der Waals surface area contributed by atoms with Crippen molar-refractivity contribution in [2.24, 2.45) is 5.73 Å². The molecule has 2 nitrogen and oxygen atoms in total. The number of hydrogen-bond acceptors (Lipinski definition) is 2. The Kier molecular flexibility index (Phi) is 3.15. The Morgan fingerprint density at radius 1 is 1.38 bits per heavy atom. The van der Waals surface area contributed by atoms with Gasteiger partial charge in [-0.2, -0.15) is 0 Å². The standard InChI is InChI=1S/C11H14N2/c1-10(13(2)9-8-12)11-6-4-3-5-7-11/h3-9H,1,12H2,2H3/b9-8-. The average Bonchev–Trinajstić information content (AvgIpc) is 2.18. The van der Waals surface area contributed by atoms with E-state index in [1.54, 1.807) is 6.20 Å². The summed E-state index contributed by atoms with van der Waals surface area (Å²) in [6, 6.07) is 9.99. The fourth-order valence-corrected chi connectivity index (χ4v) is 1.05. The highest BCUT2D eigenvalue weighted by Crippen LogP contribution is 2.14. The van der Waals surface area contributed by atoms with Crippen LogP contribution >= 0.6 is 0 Å². The van der Waals surface area contributed by atoms with Gasteiger partial charge in [0.05, 0.1) is 0 Å². The maximum absolute atomic E-state index is 5.28. The molecule has 0 aliphatic heterocycles. The zero-order chi connectivity index (χ0) is 9.68. The molecule has 68 valence electrons. The van der Waals surface area contributed by atoms with Gasteiger partial charge in [0.15, 0.2) is 0 Å². The van der Waals surface area contributed by atoms with E-state index >= 15 is 0 Å². The summed E-state index contributed by atoms with van der Waals surface area (Å²) in [6.45, 7) is 3.96. The molecule has 0 bridgehead atoms. The highest BCUT2D eigenvalue weighted by atomic mass is 15.1. The van der Waals surface area contributed by atoms with E-state index in [1.165, 1.54) is 6.20 Å². The van der Waals surface area contributed by atoms with Gasteiger partial charge in [0.1, 0.15) is 0 Å². The molecule has 0 saturated carbocycles. The Morgan fingerprint density at radius 2 is 2.00 bits per heavy atom. The van der Waals surface area contributed by atoms with Gasteiger partial charge in [0, 0.05) is 25.1 Å². The molecule has 0 unspecified atom stereocenters. The Morgan fingerprint density at radius 3 is 2.54 bits per heavy atom. The molecule has 0 atom stereocenters. The smallest absolute Gasteiger partial charge is 0.0404 e. The molecule has 1 aromatic rings. The lowest BCUT2D eigenvalue weighted by molar-refractivity contribution is 0.655. The van der Waals surface area contributed by atoms with Gasteiger partial charge in [-0.05, 0) is 5.56 Å². The van der Waals surface area contributed by atoms with Crippen LogP contribution in [0.3, 0.4) is 0 Å². The second-order valence-electron chi connectivity index (χ2n) is 2.77. The molecule has 0 aliphatic carbocycles. The second kappa shape index (κ2) is 4.36. The zero-order valence-corrected chi connectivity index (χ0v) is 7.77. The molecule has 13 heavy (non-hydrogen) atoms. The van der Waals surface area contributed by atoms with Crippen molar-refractivity contribution >= 4 is 5.70 Å².